The van der Waals surface area contributed by atoms with Gasteiger partial charge in [0.15, 0.2) is 0 Å². The van der Waals surface area contributed by atoms with Gasteiger partial charge in [0.25, 0.3) is 5.56 Å². The first-order valence-electron chi connectivity index (χ1n) is 7.34. The van der Waals surface area contributed by atoms with Crippen LogP contribution >= 0.6 is 23.2 Å². The summed E-state index contributed by atoms with van der Waals surface area (Å²) < 4.78 is 14.6. The average Bonchev–Trinajstić information content (AvgIpc) is 2.58. The van der Waals surface area contributed by atoms with Crippen molar-refractivity contribution in [1.82, 2.24) is 14.1 Å². The van der Waals surface area contributed by atoms with Crippen molar-refractivity contribution in [3.63, 3.8) is 0 Å². The maximum atomic E-state index is 12.5. The highest BCUT2D eigenvalue weighted by Gasteiger charge is 2.22. The summed E-state index contributed by atoms with van der Waals surface area (Å²) in [7, 11) is -0.982. The molecule has 1 atom stereocenters. The van der Waals surface area contributed by atoms with Crippen molar-refractivity contribution < 1.29 is 4.21 Å². The first-order chi connectivity index (χ1) is 11.5. The van der Waals surface area contributed by atoms with E-state index in [4.69, 9.17) is 23.2 Å². The zero-order valence-corrected chi connectivity index (χ0v) is 15.3. The summed E-state index contributed by atoms with van der Waals surface area (Å²) in [4.78, 5) is 14.5. The van der Waals surface area contributed by atoms with Crippen molar-refractivity contribution in [1.29, 1.82) is 0 Å². The molecule has 2 heterocycles. The summed E-state index contributed by atoms with van der Waals surface area (Å²) in [5, 5.41) is 4.94. The lowest BCUT2D eigenvalue weighted by atomic mass is 10.3. The highest BCUT2D eigenvalue weighted by molar-refractivity contribution is 7.81. The van der Waals surface area contributed by atoms with Crippen LogP contribution in [0, 0.1) is 0 Å². The van der Waals surface area contributed by atoms with Crippen LogP contribution in [0.4, 0.5) is 5.69 Å². The van der Waals surface area contributed by atoms with Crippen LogP contribution in [0.15, 0.2) is 35.3 Å². The second-order valence-electron chi connectivity index (χ2n) is 5.38. The number of halogens is 2. The molecular weight excluding hydrogens is 371 g/mol. The van der Waals surface area contributed by atoms with E-state index >= 15 is 0 Å². The summed E-state index contributed by atoms with van der Waals surface area (Å²) in [5.41, 5.74) is 0.829. The number of nitrogens with zero attached hydrogens (tertiary/aromatic N) is 4. The molecule has 0 radical (unpaired) electrons. The third-order valence-electron chi connectivity index (χ3n) is 3.91. The molecule has 1 saturated heterocycles. The second-order valence-corrected chi connectivity index (χ2v) is 7.56. The molecule has 0 bridgehead atoms. The summed E-state index contributed by atoms with van der Waals surface area (Å²) in [6.45, 7) is 2.59. The fourth-order valence-electron chi connectivity index (χ4n) is 2.60. The molecule has 1 aliphatic heterocycles. The minimum absolute atomic E-state index is 0.131. The summed E-state index contributed by atoms with van der Waals surface area (Å²) in [6, 6.07) is 6.80. The van der Waals surface area contributed by atoms with Crippen molar-refractivity contribution >= 4 is 39.9 Å². The molecule has 3 rings (SSSR count). The van der Waals surface area contributed by atoms with Crippen molar-refractivity contribution in [2.45, 2.75) is 0 Å². The zero-order valence-electron chi connectivity index (χ0n) is 13.0. The van der Waals surface area contributed by atoms with Gasteiger partial charge in [0.1, 0.15) is 5.02 Å². The van der Waals surface area contributed by atoms with E-state index in [1.807, 2.05) is 9.21 Å². The van der Waals surface area contributed by atoms with Crippen LogP contribution in [-0.4, -0.2) is 50.7 Å². The van der Waals surface area contributed by atoms with Gasteiger partial charge in [-0.3, -0.25) is 4.79 Å². The fourth-order valence-corrected chi connectivity index (χ4v) is 3.65. The van der Waals surface area contributed by atoms with E-state index in [9.17, 15) is 9.00 Å². The predicted octanol–water partition coefficient (Wildman–Crippen LogP) is 1.95. The van der Waals surface area contributed by atoms with Crippen LogP contribution in [0.25, 0.3) is 5.69 Å². The Bertz CT molecular complexity index is 817. The van der Waals surface area contributed by atoms with Crippen LogP contribution in [0.2, 0.25) is 10.0 Å². The molecule has 128 valence electrons. The van der Waals surface area contributed by atoms with Crippen molar-refractivity contribution in [2.24, 2.45) is 0 Å². The Hall–Kier alpha value is -1.41. The largest absolute Gasteiger partial charge is 0.366 e. The molecule has 0 amide bonds. The molecule has 24 heavy (non-hydrogen) atoms. The molecule has 1 aromatic heterocycles. The fraction of sp³-hybridized carbons (Fsp3) is 0.333. The number of rotatable bonds is 3. The van der Waals surface area contributed by atoms with Crippen LogP contribution in [0.5, 0.6) is 0 Å². The Balaban J connectivity index is 1.87. The van der Waals surface area contributed by atoms with Gasteiger partial charge in [0.05, 0.1) is 28.6 Å². The quantitative estimate of drug-likeness (QED) is 0.808. The van der Waals surface area contributed by atoms with E-state index in [0.29, 0.717) is 42.6 Å². The monoisotopic (exact) mass is 386 g/mol. The number of piperazine rings is 1. The number of anilines is 1. The maximum Gasteiger partial charge on any atom is 0.292 e. The van der Waals surface area contributed by atoms with Gasteiger partial charge in [-0.1, -0.05) is 23.2 Å². The molecule has 6 nitrogen and oxygen atoms in total. The number of benzene rings is 1. The Morgan fingerprint density at radius 1 is 1.08 bits per heavy atom. The molecule has 9 heteroatoms. The van der Waals surface area contributed by atoms with Gasteiger partial charge in [0.2, 0.25) is 0 Å². The second kappa shape index (κ2) is 7.23. The Labute approximate surface area is 152 Å². The maximum absolute atomic E-state index is 12.5. The molecule has 0 aliphatic carbocycles. The van der Waals surface area contributed by atoms with Crippen LogP contribution in [0.1, 0.15) is 0 Å². The highest BCUT2D eigenvalue weighted by Crippen LogP contribution is 2.23. The van der Waals surface area contributed by atoms with Crippen LogP contribution in [0.3, 0.4) is 0 Å². The van der Waals surface area contributed by atoms with E-state index in [1.54, 1.807) is 36.7 Å². The smallest absolute Gasteiger partial charge is 0.292 e. The molecule has 2 aromatic rings. The van der Waals surface area contributed by atoms with Gasteiger partial charge >= 0.3 is 0 Å². The van der Waals surface area contributed by atoms with E-state index in [0.717, 1.165) is 0 Å². The van der Waals surface area contributed by atoms with Crippen LogP contribution in [-0.2, 0) is 11.0 Å². The van der Waals surface area contributed by atoms with Crippen molar-refractivity contribution in [3.8, 4) is 5.69 Å². The Morgan fingerprint density at radius 3 is 2.29 bits per heavy atom. The molecule has 0 spiro atoms. The van der Waals surface area contributed by atoms with Gasteiger partial charge in [-0.15, -0.1) is 0 Å². The topological polar surface area (TPSA) is 58.4 Å². The minimum atomic E-state index is -0.982. The van der Waals surface area contributed by atoms with E-state index in [1.165, 1.54) is 4.68 Å². The van der Waals surface area contributed by atoms with Crippen LogP contribution < -0.4 is 10.5 Å². The lowest BCUT2D eigenvalue weighted by Gasteiger charge is -2.34. The Morgan fingerprint density at radius 2 is 1.71 bits per heavy atom. The third-order valence-corrected chi connectivity index (χ3v) is 5.61. The van der Waals surface area contributed by atoms with E-state index in [2.05, 4.69) is 5.10 Å². The molecule has 1 aliphatic rings. The lowest BCUT2D eigenvalue weighted by Crippen LogP contribution is -2.47. The van der Waals surface area contributed by atoms with Crippen molar-refractivity contribution in [2.75, 3.05) is 37.3 Å². The predicted molar refractivity (Wildman–Crippen MR) is 97.7 cm³/mol. The number of aromatic nitrogens is 2. The van der Waals surface area contributed by atoms with Gasteiger partial charge in [-0.2, -0.15) is 9.78 Å². The summed E-state index contributed by atoms with van der Waals surface area (Å²) in [5.74, 6) is 0. The first kappa shape index (κ1) is 17.4. The minimum Gasteiger partial charge on any atom is -0.366 e. The zero-order chi connectivity index (χ0) is 17.3. The standard InChI is InChI=1S/C15H16Cl2N4O2S/c1-24(23)20-8-6-19(7-9-20)13-10-18-21(15(22)14(13)17)12-4-2-11(16)3-5-12/h2-5,10H,6-9H2,1H3. The summed E-state index contributed by atoms with van der Waals surface area (Å²) in [6.07, 6.45) is 3.26. The number of hydrogen-bond donors (Lipinski definition) is 0. The molecule has 0 saturated carbocycles. The van der Waals surface area contributed by atoms with Gasteiger partial charge in [-0.05, 0) is 24.3 Å². The molecule has 1 fully saturated rings. The van der Waals surface area contributed by atoms with Crippen molar-refractivity contribution in [3.05, 3.63) is 50.9 Å². The van der Waals surface area contributed by atoms with Gasteiger partial charge < -0.3 is 4.90 Å². The molecule has 0 N–H and O–H groups in total. The Kier molecular flexibility index (Phi) is 5.24. The average molecular weight is 387 g/mol. The lowest BCUT2D eigenvalue weighted by molar-refractivity contribution is 0.412. The van der Waals surface area contributed by atoms with E-state index < -0.39 is 11.0 Å². The normalized spacial score (nSPS) is 17.0. The highest BCUT2D eigenvalue weighted by atomic mass is 35.5. The third kappa shape index (κ3) is 3.49. The molecule has 1 unspecified atom stereocenters. The summed E-state index contributed by atoms with van der Waals surface area (Å²) >= 11 is 12.2. The SMILES string of the molecule is CS(=O)N1CCN(c2cnn(-c3ccc(Cl)cc3)c(=O)c2Cl)CC1. The molecule has 1 aromatic carbocycles. The van der Waals surface area contributed by atoms with Gasteiger partial charge in [0, 0.05) is 37.5 Å². The number of hydrogen-bond acceptors (Lipinski definition) is 4. The molecular formula is C15H16Cl2N4O2S. The van der Waals surface area contributed by atoms with E-state index in [-0.39, 0.29) is 10.6 Å². The van der Waals surface area contributed by atoms with Gasteiger partial charge in [-0.25, -0.2) is 8.51 Å². The first-order valence-corrected chi connectivity index (χ1v) is 9.61.